The second kappa shape index (κ2) is 10.2. The fourth-order valence-electron chi connectivity index (χ4n) is 3.11. The van der Waals surface area contributed by atoms with Crippen molar-refractivity contribution in [1.82, 2.24) is 5.32 Å². The number of ether oxygens (including phenoxy) is 1. The summed E-state index contributed by atoms with van der Waals surface area (Å²) in [4.78, 5) is 23.2. The second-order valence-corrected chi connectivity index (χ2v) is 6.67. The summed E-state index contributed by atoms with van der Waals surface area (Å²) >= 11 is 0. The van der Waals surface area contributed by atoms with Gasteiger partial charge < -0.3 is 35.6 Å². The molecule has 5 atom stereocenters. The van der Waals surface area contributed by atoms with Crippen molar-refractivity contribution in [3.63, 3.8) is 0 Å². The van der Waals surface area contributed by atoms with Crippen molar-refractivity contribution in [2.75, 3.05) is 6.61 Å². The van der Waals surface area contributed by atoms with E-state index < -0.39 is 54.7 Å². The number of aliphatic hydroxyl groups excluding tert-OH is 4. The summed E-state index contributed by atoms with van der Waals surface area (Å²) in [6.45, 7) is 0.368. The molecule has 0 spiro atoms. The molecular formula is C20H25NO8. The number of carboxylic acids is 1. The van der Waals surface area contributed by atoms with E-state index in [0.717, 1.165) is 5.56 Å². The molecule has 0 fully saturated rings. The van der Waals surface area contributed by atoms with E-state index in [1.54, 1.807) is 12.2 Å². The molecule has 0 aromatic heterocycles. The lowest BCUT2D eigenvalue weighted by molar-refractivity contribution is -0.150. The van der Waals surface area contributed by atoms with Crippen LogP contribution in [0.2, 0.25) is 0 Å². The number of hydrogen-bond donors (Lipinski definition) is 6. The Morgan fingerprint density at radius 3 is 2.45 bits per heavy atom. The van der Waals surface area contributed by atoms with E-state index in [4.69, 9.17) is 9.84 Å². The average Bonchev–Trinajstić information content (AvgIpc) is 2.69. The number of rotatable bonds is 8. The van der Waals surface area contributed by atoms with Gasteiger partial charge in [-0.1, -0.05) is 42.5 Å². The highest BCUT2D eigenvalue weighted by molar-refractivity contribution is 5.86. The Kier molecular flexibility index (Phi) is 7.91. The van der Waals surface area contributed by atoms with Gasteiger partial charge >= 0.3 is 5.97 Å². The Hall–Kier alpha value is -2.72. The van der Waals surface area contributed by atoms with E-state index in [-0.39, 0.29) is 12.0 Å². The van der Waals surface area contributed by atoms with Crippen molar-refractivity contribution in [1.29, 1.82) is 0 Å². The molecule has 0 radical (unpaired) electrons. The lowest BCUT2D eigenvalue weighted by Gasteiger charge is -2.40. The second-order valence-electron chi connectivity index (χ2n) is 6.67. The standard InChI is InChI=1S/C20H25NO8/c1-11(23)21-15-16(25)13(9-5-8-12-6-3-2-4-7-12)18(20(27)28)29-19(15)17(26)14(24)10-22/h2-8,14-17,19,22,24-26H,9-10H2,1H3,(H,21,23)(H,27,28)/t14?,15-,16+,17?,19-/m1/s1. The van der Waals surface area contributed by atoms with Crippen LogP contribution in [0.4, 0.5) is 0 Å². The summed E-state index contributed by atoms with van der Waals surface area (Å²) in [5, 5.41) is 51.7. The summed E-state index contributed by atoms with van der Waals surface area (Å²) < 4.78 is 5.38. The Labute approximate surface area is 167 Å². The number of carbonyl (C=O) groups excluding carboxylic acids is 1. The van der Waals surface area contributed by atoms with Gasteiger partial charge in [-0.25, -0.2) is 4.79 Å². The van der Waals surface area contributed by atoms with Crippen molar-refractivity contribution >= 4 is 18.0 Å². The SMILES string of the molecule is CC(=O)N[C@@H]1[C@@H](O)C(CC=Cc2ccccc2)=C(C(=O)O)O[C@H]1C(O)C(O)CO. The van der Waals surface area contributed by atoms with Crippen LogP contribution in [-0.2, 0) is 14.3 Å². The smallest absolute Gasteiger partial charge is 0.371 e. The van der Waals surface area contributed by atoms with Crippen LogP contribution in [0.3, 0.4) is 0 Å². The number of benzene rings is 1. The molecule has 1 aromatic carbocycles. The zero-order chi connectivity index (χ0) is 21.6. The van der Waals surface area contributed by atoms with Crippen LogP contribution in [0, 0.1) is 0 Å². The summed E-state index contributed by atoms with van der Waals surface area (Å²) in [5.41, 5.74) is 0.874. The van der Waals surface area contributed by atoms with E-state index in [0.29, 0.717) is 0 Å². The van der Waals surface area contributed by atoms with Gasteiger partial charge in [0.15, 0.2) is 6.10 Å². The van der Waals surface area contributed by atoms with Crippen molar-refractivity contribution < 1.29 is 39.9 Å². The van der Waals surface area contributed by atoms with Crippen molar-refractivity contribution in [3.05, 3.63) is 53.3 Å². The third-order valence-electron chi connectivity index (χ3n) is 4.53. The van der Waals surface area contributed by atoms with E-state index in [9.17, 15) is 30.0 Å². The van der Waals surface area contributed by atoms with Gasteiger partial charge in [0.05, 0.1) is 12.6 Å². The van der Waals surface area contributed by atoms with Crippen LogP contribution >= 0.6 is 0 Å². The molecule has 1 aromatic rings. The number of allylic oxidation sites excluding steroid dienone is 1. The van der Waals surface area contributed by atoms with Crippen molar-refractivity contribution in [2.24, 2.45) is 0 Å². The van der Waals surface area contributed by atoms with Gasteiger partial charge in [-0.15, -0.1) is 0 Å². The molecule has 2 unspecified atom stereocenters. The Balaban J connectivity index is 2.36. The van der Waals surface area contributed by atoms with Gasteiger partial charge in [-0.3, -0.25) is 4.79 Å². The normalized spacial score (nSPS) is 24.1. The topological polar surface area (TPSA) is 157 Å². The molecular weight excluding hydrogens is 382 g/mol. The molecule has 1 amide bonds. The zero-order valence-corrected chi connectivity index (χ0v) is 15.8. The number of carbonyl (C=O) groups is 2. The molecule has 9 nitrogen and oxygen atoms in total. The van der Waals surface area contributed by atoms with E-state index in [1.165, 1.54) is 6.92 Å². The molecule has 0 saturated heterocycles. The molecule has 1 aliphatic rings. The molecule has 0 saturated carbocycles. The molecule has 6 N–H and O–H groups in total. The van der Waals surface area contributed by atoms with E-state index >= 15 is 0 Å². The average molecular weight is 407 g/mol. The summed E-state index contributed by atoms with van der Waals surface area (Å²) in [7, 11) is 0. The first kappa shape index (κ1) is 22.6. The van der Waals surface area contributed by atoms with Crippen LogP contribution < -0.4 is 5.32 Å². The first-order valence-electron chi connectivity index (χ1n) is 9.03. The van der Waals surface area contributed by atoms with Crippen LogP contribution in [0.1, 0.15) is 18.9 Å². The fourth-order valence-corrected chi connectivity index (χ4v) is 3.11. The highest BCUT2D eigenvalue weighted by Gasteiger charge is 2.46. The van der Waals surface area contributed by atoms with E-state index in [2.05, 4.69) is 5.32 Å². The highest BCUT2D eigenvalue weighted by atomic mass is 16.5. The number of nitrogens with one attached hydrogen (secondary N) is 1. The molecule has 0 bridgehead atoms. The van der Waals surface area contributed by atoms with Crippen molar-refractivity contribution in [3.8, 4) is 0 Å². The largest absolute Gasteiger partial charge is 0.478 e. The van der Waals surface area contributed by atoms with Crippen LogP contribution in [0.25, 0.3) is 6.08 Å². The van der Waals surface area contributed by atoms with Gasteiger partial charge in [0.2, 0.25) is 11.7 Å². The van der Waals surface area contributed by atoms with Gasteiger partial charge in [-0.05, 0) is 12.0 Å². The molecule has 0 aliphatic carbocycles. The lowest BCUT2D eigenvalue weighted by Crippen LogP contribution is -2.61. The van der Waals surface area contributed by atoms with E-state index in [1.807, 2.05) is 30.3 Å². The Morgan fingerprint density at radius 1 is 1.24 bits per heavy atom. The minimum atomic E-state index is -1.75. The maximum Gasteiger partial charge on any atom is 0.371 e. The Morgan fingerprint density at radius 2 is 1.90 bits per heavy atom. The molecule has 158 valence electrons. The van der Waals surface area contributed by atoms with Crippen molar-refractivity contribution in [2.45, 2.75) is 43.8 Å². The number of amides is 1. The monoisotopic (exact) mass is 407 g/mol. The zero-order valence-electron chi connectivity index (χ0n) is 15.8. The highest BCUT2D eigenvalue weighted by Crippen LogP contribution is 2.30. The fraction of sp³-hybridized carbons (Fsp3) is 0.400. The maximum absolute atomic E-state index is 11.7. The molecule has 1 aliphatic heterocycles. The van der Waals surface area contributed by atoms with Gasteiger partial charge in [-0.2, -0.15) is 0 Å². The number of aliphatic hydroxyl groups is 4. The first-order valence-corrected chi connectivity index (χ1v) is 9.03. The molecule has 29 heavy (non-hydrogen) atoms. The molecule has 9 heteroatoms. The first-order chi connectivity index (χ1) is 13.8. The predicted molar refractivity (Wildman–Crippen MR) is 102 cm³/mol. The Bertz CT molecular complexity index is 776. The molecule has 1 heterocycles. The van der Waals surface area contributed by atoms with Crippen LogP contribution in [0.15, 0.2) is 47.7 Å². The maximum atomic E-state index is 11.7. The van der Waals surface area contributed by atoms with Crippen LogP contribution in [-0.4, -0.2) is 74.5 Å². The number of aliphatic carboxylic acids is 1. The lowest BCUT2D eigenvalue weighted by atomic mass is 9.87. The third kappa shape index (κ3) is 5.64. The minimum absolute atomic E-state index is 0.00497. The summed E-state index contributed by atoms with van der Waals surface area (Å²) in [6.07, 6.45) is -2.99. The minimum Gasteiger partial charge on any atom is -0.478 e. The predicted octanol–water partition coefficient (Wildman–Crippen LogP) is -0.593. The third-order valence-corrected chi connectivity index (χ3v) is 4.53. The number of hydrogen-bond acceptors (Lipinski definition) is 7. The quantitative estimate of drug-likeness (QED) is 0.334. The van der Waals surface area contributed by atoms with Gasteiger partial charge in [0.1, 0.15) is 18.3 Å². The van der Waals surface area contributed by atoms with Crippen LogP contribution in [0.5, 0.6) is 0 Å². The number of carboxylic acid groups (broad SMARTS) is 1. The summed E-state index contributed by atoms with van der Waals surface area (Å²) in [6, 6.07) is 7.99. The van der Waals surface area contributed by atoms with Gasteiger partial charge in [0.25, 0.3) is 0 Å². The van der Waals surface area contributed by atoms with Gasteiger partial charge in [0, 0.05) is 12.5 Å². The molecule has 2 rings (SSSR count). The summed E-state index contributed by atoms with van der Waals surface area (Å²) in [5.74, 6) is -2.60.